The van der Waals surface area contributed by atoms with Gasteiger partial charge in [-0.2, -0.15) is 0 Å². The number of carbonyl (C=O) groups excluding carboxylic acids is 2. The second kappa shape index (κ2) is 9.47. The van der Waals surface area contributed by atoms with Gasteiger partial charge in [-0.25, -0.2) is 0 Å². The second-order valence-electron chi connectivity index (χ2n) is 6.06. The highest BCUT2D eigenvalue weighted by atomic mass is 16.5. The molecule has 0 bridgehead atoms. The van der Waals surface area contributed by atoms with Gasteiger partial charge in [0.2, 0.25) is 5.91 Å². The lowest BCUT2D eigenvalue weighted by Gasteiger charge is -2.12. The van der Waals surface area contributed by atoms with Crippen LogP contribution in [0.3, 0.4) is 0 Å². The molecule has 0 saturated carbocycles. The van der Waals surface area contributed by atoms with Gasteiger partial charge in [-0.15, -0.1) is 0 Å². The maximum atomic E-state index is 11.9. The van der Waals surface area contributed by atoms with E-state index in [-0.39, 0.29) is 31.0 Å². The first-order chi connectivity index (χ1) is 12.0. The first-order valence-corrected chi connectivity index (χ1v) is 8.35. The number of hydrogen-bond acceptors (Lipinski definition) is 3. The first kappa shape index (κ1) is 18.5. The Morgan fingerprint density at radius 3 is 2.36 bits per heavy atom. The summed E-state index contributed by atoms with van der Waals surface area (Å²) in [6, 6.07) is 17.8. The number of amides is 2. The predicted octanol–water partition coefficient (Wildman–Crippen LogP) is 2.30. The lowest BCUT2D eigenvalue weighted by atomic mass is 10.0. The number of benzene rings is 2. The molecule has 0 fully saturated rings. The van der Waals surface area contributed by atoms with Crippen molar-refractivity contribution in [2.75, 3.05) is 13.2 Å². The molecule has 0 radical (unpaired) electrons. The van der Waals surface area contributed by atoms with E-state index in [1.807, 2.05) is 56.3 Å². The van der Waals surface area contributed by atoms with E-state index in [0.29, 0.717) is 5.75 Å². The fourth-order valence-corrected chi connectivity index (χ4v) is 2.35. The van der Waals surface area contributed by atoms with Crippen molar-refractivity contribution in [3.05, 3.63) is 65.7 Å². The Balaban J connectivity index is 1.86. The third kappa shape index (κ3) is 6.67. The van der Waals surface area contributed by atoms with E-state index in [9.17, 15) is 9.59 Å². The van der Waals surface area contributed by atoms with Crippen LogP contribution >= 0.6 is 0 Å². The Bertz CT molecular complexity index is 699. The van der Waals surface area contributed by atoms with E-state index < -0.39 is 0 Å². The predicted molar refractivity (Wildman–Crippen MR) is 97.5 cm³/mol. The fourth-order valence-electron chi connectivity index (χ4n) is 2.35. The van der Waals surface area contributed by atoms with Gasteiger partial charge < -0.3 is 15.4 Å². The maximum absolute atomic E-state index is 11.9. The van der Waals surface area contributed by atoms with Gasteiger partial charge in [0.1, 0.15) is 5.75 Å². The number of hydrogen-bond donors (Lipinski definition) is 2. The van der Waals surface area contributed by atoms with Crippen molar-refractivity contribution in [1.82, 2.24) is 10.6 Å². The summed E-state index contributed by atoms with van der Waals surface area (Å²) in [6.07, 6.45) is 0.732. The van der Waals surface area contributed by atoms with Crippen molar-refractivity contribution >= 4 is 11.8 Å². The summed E-state index contributed by atoms with van der Waals surface area (Å²) in [5, 5.41) is 5.27. The van der Waals surface area contributed by atoms with Crippen molar-refractivity contribution in [3.8, 4) is 5.75 Å². The molecule has 0 saturated heterocycles. The van der Waals surface area contributed by atoms with Gasteiger partial charge in [0.15, 0.2) is 6.61 Å². The van der Waals surface area contributed by atoms with E-state index in [1.54, 1.807) is 0 Å². The number of rotatable bonds is 8. The van der Waals surface area contributed by atoms with Crippen LogP contribution in [-0.2, 0) is 16.0 Å². The molecule has 132 valence electrons. The largest absolute Gasteiger partial charge is 0.483 e. The van der Waals surface area contributed by atoms with Gasteiger partial charge in [0, 0.05) is 12.5 Å². The van der Waals surface area contributed by atoms with Crippen molar-refractivity contribution in [2.45, 2.75) is 26.3 Å². The Kier molecular flexibility index (Phi) is 7.01. The Hall–Kier alpha value is -2.82. The highest BCUT2D eigenvalue weighted by Crippen LogP contribution is 2.21. The summed E-state index contributed by atoms with van der Waals surface area (Å²) in [5.41, 5.74) is 2.19. The molecule has 2 amide bonds. The van der Waals surface area contributed by atoms with Crippen molar-refractivity contribution in [3.63, 3.8) is 0 Å². The van der Waals surface area contributed by atoms with Crippen molar-refractivity contribution < 1.29 is 14.3 Å². The molecule has 0 aliphatic heterocycles. The molecule has 0 unspecified atom stereocenters. The molecule has 2 aromatic carbocycles. The molecule has 0 aliphatic rings. The summed E-state index contributed by atoms with van der Waals surface area (Å²) in [4.78, 5) is 23.4. The van der Waals surface area contributed by atoms with Crippen LogP contribution in [0.1, 0.15) is 25.0 Å². The molecule has 2 rings (SSSR count). The van der Waals surface area contributed by atoms with Crippen LogP contribution in [0.25, 0.3) is 0 Å². The third-order valence-corrected chi connectivity index (χ3v) is 3.46. The molecule has 0 atom stereocenters. The molecule has 0 heterocycles. The van der Waals surface area contributed by atoms with Crippen molar-refractivity contribution in [2.24, 2.45) is 0 Å². The molecule has 0 aliphatic carbocycles. The molecule has 5 heteroatoms. The van der Waals surface area contributed by atoms with Crippen LogP contribution in [-0.4, -0.2) is 31.0 Å². The summed E-state index contributed by atoms with van der Waals surface area (Å²) < 4.78 is 5.64. The summed E-state index contributed by atoms with van der Waals surface area (Å²) >= 11 is 0. The van der Waals surface area contributed by atoms with E-state index in [2.05, 4.69) is 22.8 Å². The molecular formula is C20H24N2O3. The van der Waals surface area contributed by atoms with Gasteiger partial charge >= 0.3 is 0 Å². The summed E-state index contributed by atoms with van der Waals surface area (Å²) in [5.74, 6) is 0.134. The normalized spacial score (nSPS) is 10.4. The maximum Gasteiger partial charge on any atom is 0.258 e. The highest BCUT2D eigenvalue weighted by molar-refractivity contribution is 5.85. The molecule has 2 aromatic rings. The lowest BCUT2D eigenvalue weighted by molar-refractivity contribution is -0.127. The lowest BCUT2D eigenvalue weighted by Crippen LogP contribution is -2.41. The van der Waals surface area contributed by atoms with Crippen LogP contribution in [0.5, 0.6) is 5.75 Å². The quantitative estimate of drug-likeness (QED) is 0.775. The van der Waals surface area contributed by atoms with Gasteiger partial charge in [-0.1, -0.05) is 48.5 Å². The Morgan fingerprint density at radius 2 is 1.64 bits per heavy atom. The standard InChI is InChI=1S/C20H24N2O3/c1-15(2)22-19(23)13-21-20(24)14-25-18-11-7-6-10-17(18)12-16-8-4-3-5-9-16/h3-11,15H,12-14H2,1-2H3,(H,21,24)(H,22,23). The molecule has 0 aromatic heterocycles. The number of para-hydroxylation sites is 1. The highest BCUT2D eigenvalue weighted by Gasteiger charge is 2.09. The zero-order valence-electron chi connectivity index (χ0n) is 14.6. The smallest absolute Gasteiger partial charge is 0.258 e. The minimum absolute atomic E-state index is 0.0468. The van der Waals surface area contributed by atoms with Gasteiger partial charge in [-0.05, 0) is 31.0 Å². The summed E-state index contributed by atoms with van der Waals surface area (Å²) in [6.45, 7) is 3.56. The van der Waals surface area contributed by atoms with Crippen molar-refractivity contribution in [1.29, 1.82) is 0 Å². The van der Waals surface area contributed by atoms with E-state index in [1.165, 1.54) is 5.56 Å². The average Bonchev–Trinajstić information content (AvgIpc) is 2.59. The van der Waals surface area contributed by atoms with Gasteiger partial charge in [0.05, 0.1) is 6.54 Å². The van der Waals surface area contributed by atoms with Gasteiger partial charge in [0.25, 0.3) is 5.91 Å². The molecular weight excluding hydrogens is 316 g/mol. The minimum atomic E-state index is -0.326. The van der Waals surface area contributed by atoms with Crippen LogP contribution in [0.15, 0.2) is 54.6 Å². The fraction of sp³-hybridized carbons (Fsp3) is 0.300. The molecule has 5 nitrogen and oxygen atoms in total. The van der Waals surface area contributed by atoms with Gasteiger partial charge in [-0.3, -0.25) is 9.59 Å². The monoisotopic (exact) mass is 340 g/mol. The Morgan fingerprint density at radius 1 is 0.960 bits per heavy atom. The topological polar surface area (TPSA) is 67.4 Å². The first-order valence-electron chi connectivity index (χ1n) is 8.35. The zero-order valence-corrected chi connectivity index (χ0v) is 14.6. The number of nitrogens with one attached hydrogen (secondary N) is 2. The molecule has 25 heavy (non-hydrogen) atoms. The number of carbonyl (C=O) groups is 2. The SMILES string of the molecule is CC(C)NC(=O)CNC(=O)COc1ccccc1Cc1ccccc1. The van der Waals surface area contributed by atoms with Crippen LogP contribution in [0.4, 0.5) is 0 Å². The second-order valence-corrected chi connectivity index (χ2v) is 6.06. The average molecular weight is 340 g/mol. The van der Waals surface area contributed by atoms with E-state index >= 15 is 0 Å². The minimum Gasteiger partial charge on any atom is -0.483 e. The zero-order chi connectivity index (χ0) is 18.1. The third-order valence-electron chi connectivity index (χ3n) is 3.46. The van der Waals surface area contributed by atoms with Crippen LogP contribution < -0.4 is 15.4 Å². The Labute approximate surface area is 148 Å². The molecule has 2 N–H and O–H groups in total. The van der Waals surface area contributed by atoms with E-state index in [4.69, 9.17) is 4.74 Å². The summed E-state index contributed by atoms with van der Waals surface area (Å²) in [7, 11) is 0. The van der Waals surface area contributed by atoms with Crippen LogP contribution in [0, 0.1) is 0 Å². The van der Waals surface area contributed by atoms with Crippen LogP contribution in [0.2, 0.25) is 0 Å². The molecule has 0 spiro atoms. The van der Waals surface area contributed by atoms with E-state index in [0.717, 1.165) is 12.0 Å². The number of ether oxygens (including phenoxy) is 1.